The first-order valence-corrected chi connectivity index (χ1v) is 8.15. The summed E-state index contributed by atoms with van der Waals surface area (Å²) in [5.74, 6) is 0. The molecule has 1 N–H and O–H groups in total. The van der Waals surface area contributed by atoms with Crippen molar-refractivity contribution in [3.63, 3.8) is 0 Å². The first-order valence-electron chi connectivity index (χ1n) is 8.15. The Bertz CT molecular complexity index is 419. The first-order chi connectivity index (χ1) is 9.61. The van der Waals surface area contributed by atoms with Crippen LogP contribution in [-0.2, 0) is 0 Å². The number of benzene rings is 1. The summed E-state index contributed by atoms with van der Waals surface area (Å²) >= 11 is 0. The van der Waals surface area contributed by atoms with E-state index in [0.717, 1.165) is 6.04 Å². The van der Waals surface area contributed by atoms with Crippen LogP contribution < -0.4 is 10.2 Å². The van der Waals surface area contributed by atoms with Crippen LogP contribution in [0, 0.1) is 13.8 Å². The van der Waals surface area contributed by atoms with E-state index in [2.05, 4.69) is 56.2 Å². The summed E-state index contributed by atoms with van der Waals surface area (Å²) in [6.07, 6.45) is 6.50. The Kier molecular flexibility index (Phi) is 5.47. The predicted molar refractivity (Wildman–Crippen MR) is 88.7 cm³/mol. The van der Waals surface area contributed by atoms with E-state index in [1.165, 1.54) is 55.5 Å². The summed E-state index contributed by atoms with van der Waals surface area (Å²) in [6, 6.07) is 8.26. The number of hydrogen-bond acceptors (Lipinski definition) is 2. The average molecular weight is 274 g/mol. The fourth-order valence-electron chi connectivity index (χ4n) is 3.41. The van der Waals surface area contributed by atoms with Gasteiger partial charge >= 0.3 is 0 Å². The summed E-state index contributed by atoms with van der Waals surface area (Å²) in [4.78, 5) is 2.50. The highest BCUT2D eigenvalue weighted by atomic mass is 15.1. The Morgan fingerprint density at radius 3 is 2.45 bits per heavy atom. The zero-order valence-electron chi connectivity index (χ0n) is 13.6. The molecule has 0 bridgehead atoms. The maximum absolute atomic E-state index is 3.67. The third-order valence-corrected chi connectivity index (χ3v) is 4.66. The van der Waals surface area contributed by atoms with Gasteiger partial charge in [0.15, 0.2) is 0 Å². The molecule has 0 aliphatic heterocycles. The Morgan fingerprint density at radius 2 is 1.85 bits per heavy atom. The second-order valence-corrected chi connectivity index (χ2v) is 6.36. The molecule has 0 aromatic heterocycles. The molecule has 0 radical (unpaired) electrons. The highest BCUT2D eigenvalue weighted by molar-refractivity contribution is 5.54. The number of nitrogens with zero attached hydrogens (tertiary/aromatic N) is 1. The van der Waals surface area contributed by atoms with Crippen molar-refractivity contribution in [3.05, 3.63) is 29.3 Å². The maximum atomic E-state index is 3.67. The van der Waals surface area contributed by atoms with E-state index in [1.807, 2.05) is 0 Å². The van der Waals surface area contributed by atoms with Crippen molar-refractivity contribution in [2.45, 2.75) is 65.0 Å². The Balaban J connectivity index is 1.92. The molecule has 1 aliphatic carbocycles. The van der Waals surface area contributed by atoms with Gasteiger partial charge in [0.05, 0.1) is 0 Å². The standard InChI is InChI=1S/C18H30N2/c1-5-12-19-16-7-9-17(10-8-16)20(4)18-11-6-14(2)13-15(18)3/h6,11,13,16-17,19H,5,7-10,12H2,1-4H3. The Labute approximate surface area is 124 Å². The average Bonchev–Trinajstić information content (AvgIpc) is 2.45. The van der Waals surface area contributed by atoms with Gasteiger partial charge in [0.25, 0.3) is 0 Å². The number of nitrogens with one attached hydrogen (secondary N) is 1. The molecule has 2 nitrogen and oxygen atoms in total. The summed E-state index contributed by atoms with van der Waals surface area (Å²) < 4.78 is 0. The summed E-state index contributed by atoms with van der Waals surface area (Å²) in [5, 5.41) is 3.67. The third-order valence-electron chi connectivity index (χ3n) is 4.66. The van der Waals surface area contributed by atoms with Crippen molar-refractivity contribution in [2.75, 3.05) is 18.5 Å². The minimum Gasteiger partial charge on any atom is -0.371 e. The van der Waals surface area contributed by atoms with E-state index in [9.17, 15) is 0 Å². The first kappa shape index (κ1) is 15.4. The lowest BCUT2D eigenvalue weighted by molar-refractivity contribution is 0.337. The zero-order valence-corrected chi connectivity index (χ0v) is 13.6. The van der Waals surface area contributed by atoms with Crippen LogP contribution in [-0.4, -0.2) is 25.7 Å². The van der Waals surface area contributed by atoms with Crippen LogP contribution in [0.1, 0.15) is 50.2 Å². The van der Waals surface area contributed by atoms with Crippen molar-refractivity contribution in [1.29, 1.82) is 0 Å². The van der Waals surface area contributed by atoms with E-state index < -0.39 is 0 Å². The highest BCUT2D eigenvalue weighted by Crippen LogP contribution is 2.28. The van der Waals surface area contributed by atoms with E-state index in [0.29, 0.717) is 6.04 Å². The molecule has 0 unspecified atom stereocenters. The number of anilines is 1. The van der Waals surface area contributed by atoms with Gasteiger partial charge in [-0.05, 0) is 64.1 Å². The largest absolute Gasteiger partial charge is 0.371 e. The van der Waals surface area contributed by atoms with Crippen LogP contribution in [0.4, 0.5) is 5.69 Å². The van der Waals surface area contributed by atoms with Gasteiger partial charge in [-0.2, -0.15) is 0 Å². The fraction of sp³-hybridized carbons (Fsp3) is 0.667. The number of rotatable bonds is 5. The van der Waals surface area contributed by atoms with E-state index in [4.69, 9.17) is 0 Å². The molecular weight excluding hydrogens is 244 g/mol. The van der Waals surface area contributed by atoms with E-state index in [-0.39, 0.29) is 0 Å². The summed E-state index contributed by atoms with van der Waals surface area (Å²) in [5.41, 5.74) is 4.16. The van der Waals surface area contributed by atoms with E-state index in [1.54, 1.807) is 0 Å². The Hall–Kier alpha value is -1.02. The van der Waals surface area contributed by atoms with Gasteiger partial charge in [-0.25, -0.2) is 0 Å². The molecule has 20 heavy (non-hydrogen) atoms. The molecule has 0 amide bonds. The maximum Gasteiger partial charge on any atom is 0.0396 e. The SMILES string of the molecule is CCCNC1CCC(N(C)c2ccc(C)cc2C)CC1. The summed E-state index contributed by atoms with van der Waals surface area (Å²) in [6.45, 7) is 7.81. The third kappa shape index (κ3) is 3.76. The minimum absolute atomic E-state index is 0.705. The van der Waals surface area contributed by atoms with Gasteiger partial charge < -0.3 is 10.2 Å². The minimum atomic E-state index is 0.705. The van der Waals surface area contributed by atoms with Crippen molar-refractivity contribution in [2.24, 2.45) is 0 Å². The normalized spacial score (nSPS) is 22.8. The second kappa shape index (κ2) is 7.12. The van der Waals surface area contributed by atoms with Gasteiger partial charge in [-0.15, -0.1) is 0 Å². The monoisotopic (exact) mass is 274 g/mol. The molecule has 1 aromatic carbocycles. The van der Waals surface area contributed by atoms with Crippen LogP contribution in [0.15, 0.2) is 18.2 Å². The fourth-order valence-corrected chi connectivity index (χ4v) is 3.41. The van der Waals surface area contributed by atoms with Crippen molar-refractivity contribution in [1.82, 2.24) is 5.32 Å². The van der Waals surface area contributed by atoms with Crippen LogP contribution in [0.25, 0.3) is 0 Å². The quantitative estimate of drug-likeness (QED) is 0.871. The second-order valence-electron chi connectivity index (χ2n) is 6.36. The van der Waals surface area contributed by atoms with Crippen LogP contribution in [0.2, 0.25) is 0 Å². The van der Waals surface area contributed by atoms with Crippen molar-refractivity contribution in [3.8, 4) is 0 Å². The van der Waals surface area contributed by atoms with Gasteiger partial charge in [0, 0.05) is 24.8 Å². The van der Waals surface area contributed by atoms with Crippen molar-refractivity contribution >= 4 is 5.69 Å². The lowest BCUT2D eigenvalue weighted by atomic mass is 9.89. The molecule has 1 aliphatic rings. The van der Waals surface area contributed by atoms with Crippen LogP contribution in [0.5, 0.6) is 0 Å². The smallest absolute Gasteiger partial charge is 0.0396 e. The van der Waals surface area contributed by atoms with Crippen LogP contribution in [0.3, 0.4) is 0 Å². The van der Waals surface area contributed by atoms with Gasteiger partial charge in [0.1, 0.15) is 0 Å². The molecule has 1 saturated carbocycles. The van der Waals surface area contributed by atoms with Gasteiger partial charge in [-0.1, -0.05) is 24.6 Å². The van der Waals surface area contributed by atoms with E-state index >= 15 is 0 Å². The molecular formula is C18H30N2. The Morgan fingerprint density at radius 1 is 1.15 bits per heavy atom. The number of hydrogen-bond donors (Lipinski definition) is 1. The molecule has 0 heterocycles. The molecule has 0 atom stereocenters. The van der Waals surface area contributed by atoms with Crippen molar-refractivity contribution < 1.29 is 0 Å². The molecule has 0 spiro atoms. The zero-order chi connectivity index (χ0) is 14.5. The van der Waals surface area contributed by atoms with Gasteiger partial charge in [0.2, 0.25) is 0 Å². The molecule has 112 valence electrons. The molecule has 0 saturated heterocycles. The number of aryl methyl sites for hydroxylation is 2. The summed E-state index contributed by atoms with van der Waals surface area (Å²) in [7, 11) is 2.27. The molecule has 1 fully saturated rings. The predicted octanol–water partition coefficient (Wildman–Crippen LogP) is 4.05. The van der Waals surface area contributed by atoms with Crippen LogP contribution >= 0.6 is 0 Å². The van der Waals surface area contributed by atoms with Gasteiger partial charge in [-0.3, -0.25) is 0 Å². The molecule has 1 aromatic rings. The topological polar surface area (TPSA) is 15.3 Å². The molecule has 2 rings (SSSR count). The lowest BCUT2D eigenvalue weighted by Gasteiger charge is -2.37. The lowest BCUT2D eigenvalue weighted by Crippen LogP contribution is -2.41. The molecule has 2 heteroatoms. The highest BCUT2D eigenvalue weighted by Gasteiger charge is 2.24.